The molecule has 0 aromatic heterocycles. The number of halogens is 2. The fourth-order valence-corrected chi connectivity index (χ4v) is 1.69. The number of ether oxygens (including phenoxy) is 1. The minimum absolute atomic E-state index is 0.250. The maximum atomic E-state index is 13.0. The van der Waals surface area contributed by atoms with E-state index < -0.39 is 11.6 Å². The van der Waals surface area contributed by atoms with Gasteiger partial charge in [-0.15, -0.1) is 0 Å². The number of esters is 1. The quantitative estimate of drug-likeness (QED) is 0.733. The molecule has 0 saturated carbocycles. The number of hydrogen-bond acceptors (Lipinski definition) is 3. The largest absolute Gasteiger partial charge is 0.469 e. The molecule has 0 aliphatic heterocycles. The molecular weight excluding hydrogens is 240 g/mol. The standard InChI is InChI=1S/C13H17F2NO2/c1-16(5-3-4-13(17)18-2)9-10-6-11(14)8-12(15)7-10/h6-8H,3-5,9H2,1-2H3. The van der Waals surface area contributed by atoms with Crippen LogP contribution in [0.1, 0.15) is 18.4 Å². The van der Waals surface area contributed by atoms with Gasteiger partial charge in [0.1, 0.15) is 11.6 Å². The average Bonchev–Trinajstić information content (AvgIpc) is 2.27. The van der Waals surface area contributed by atoms with E-state index in [0.717, 1.165) is 6.07 Å². The molecule has 1 aromatic rings. The van der Waals surface area contributed by atoms with Crippen LogP contribution in [0.4, 0.5) is 8.78 Å². The Morgan fingerprint density at radius 3 is 2.44 bits per heavy atom. The summed E-state index contributed by atoms with van der Waals surface area (Å²) in [7, 11) is 3.18. The zero-order chi connectivity index (χ0) is 13.5. The average molecular weight is 257 g/mol. The van der Waals surface area contributed by atoms with Gasteiger partial charge in [0.25, 0.3) is 0 Å². The van der Waals surface area contributed by atoms with Crippen LogP contribution in [0.25, 0.3) is 0 Å². The second-order valence-corrected chi connectivity index (χ2v) is 4.20. The first-order valence-electron chi connectivity index (χ1n) is 5.71. The van der Waals surface area contributed by atoms with Crippen LogP contribution in [-0.4, -0.2) is 31.6 Å². The Bertz CT molecular complexity index is 390. The first-order chi connectivity index (χ1) is 8.51. The Labute approximate surface area is 105 Å². The lowest BCUT2D eigenvalue weighted by molar-refractivity contribution is -0.140. The number of carbonyl (C=O) groups excluding carboxylic acids is 1. The minimum Gasteiger partial charge on any atom is -0.469 e. The van der Waals surface area contributed by atoms with E-state index in [4.69, 9.17) is 0 Å². The molecule has 0 radical (unpaired) electrons. The maximum absolute atomic E-state index is 13.0. The Balaban J connectivity index is 2.39. The fourth-order valence-electron chi connectivity index (χ4n) is 1.69. The molecular formula is C13H17F2NO2. The fraction of sp³-hybridized carbons (Fsp3) is 0.462. The smallest absolute Gasteiger partial charge is 0.305 e. The van der Waals surface area contributed by atoms with Gasteiger partial charge < -0.3 is 9.64 Å². The molecule has 0 fully saturated rings. The van der Waals surface area contributed by atoms with Crippen molar-refractivity contribution in [2.45, 2.75) is 19.4 Å². The van der Waals surface area contributed by atoms with E-state index >= 15 is 0 Å². The third-order valence-electron chi connectivity index (χ3n) is 2.52. The van der Waals surface area contributed by atoms with Crippen LogP contribution in [0.5, 0.6) is 0 Å². The molecule has 1 rings (SSSR count). The third kappa shape index (κ3) is 5.23. The summed E-state index contributed by atoms with van der Waals surface area (Å²) in [6, 6.07) is 3.46. The van der Waals surface area contributed by atoms with Gasteiger partial charge in [-0.05, 0) is 37.7 Å². The molecule has 0 atom stereocenters. The van der Waals surface area contributed by atoms with Crippen molar-refractivity contribution in [2.75, 3.05) is 20.7 Å². The van der Waals surface area contributed by atoms with Gasteiger partial charge in [-0.25, -0.2) is 8.78 Å². The van der Waals surface area contributed by atoms with Crippen LogP contribution in [0.15, 0.2) is 18.2 Å². The maximum Gasteiger partial charge on any atom is 0.305 e. The van der Waals surface area contributed by atoms with Crippen molar-refractivity contribution in [3.8, 4) is 0 Å². The summed E-state index contributed by atoms with van der Waals surface area (Å²) in [6.07, 6.45) is 0.999. The van der Waals surface area contributed by atoms with Crippen molar-refractivity contribution >= 4 is 5.97 Å². The Hall–Kier alpha value is -1.49. The first kappa shape index (κ1) is 14.6. The van der Waals surface area contributed by atoms with Crippen molar-refractivity contribution in [3.63, 3.8) is 0 Å². The first-order valence-corrected chi connectivity index (χ1v) is 5.71. The normalized spacial score (nSPS) is 10.7. The summed E-state index contributed by atoms with van der Waals surface area (Å²) in [4.78, 5) is 12.8. The van der Waals surface area contributed by atoms with Gasteiger partial charge in [-0.1, -0.05) is 0 Å². The lowest BCUT2D eigenvalue weighted by atomic mass is 10.2. The highest BCUT2D eigenvalue weighted by Crippen LogP contribution is 2.10. The molecule has 0 spiro atoms. The topological polar surface area (TPSA) is 29.5 Å². The summed E-state index contributed by atoms with van der Waals surface area (Å²) in [6.45, 7) is 1.10. The van der Waals surface area contributed by atoms with Gasteiger partial charge in [0.2, 0.25) is 0 Å². The van der Waals surface area contributed by atoms with Crippen LogP contribution < -0.4 is 0 Å². The van der Waals surface area contributed by atoms with Gasteiger partial charge in [0.05, 0.1) is 7.11 Å². The number of carbonyl (C=O) groups is 1. The Morgan fingerprint density at radius 2 is 1.89 bits per heavy atom. The summed E-state index contributed by atoms with van der Waals surface area (Å²) in [5, 5.41) is 0. The molecule has 5 heteroatoms. The van der Waals surface area contributed by atoms with Crippen LogP contribution in [0.3, 0.4) is 0 Å². The van der Waals surface area contributed by atoms with Crippen molar-refractivity contribution < 1.29 is 18.3 Å². The number of methoxy groups -OCH3 is 1. The van der Waals surface area contributed by atoms with Gasteiger partial charge in [0.15, 0.2) is 0 Å². The zero-order valence-corrected chi connectivity index (χ0v) is 10.6. The molecule has 1 aromatic carbocycles. The van der Waals surface area contributed by atoms with Gasteiger partial charge in [-0.2, -0.15) is 0 Å². The third-order valence-corrected chi connectivity index (χ3v) is 2.52. The number of hydrogen-bond donors (Lipinski definition) is 0. The van der Waals surface area contributed by atoms with E-state index in [1.165, 1.54) is 19.2 Å². The number of rotatable bonds is 6. The lowest BCUT2D eigenvalue weighted by Gasteiger charge is -2.16. The molecule has 0 amide bonds. The summed E-state index contributed by atoms with van der Waals surface area (Å²) >= 11 is 0. The molecule has 100 valence electrons. The molecule has 0 aliphatic carbocycles. The highest BCUT2D eigenvalue weighted by Gasteiger charge is 2.06. The van der Waals surface area contributed by atoms with E-state index in [0.29, 0.717) is 31.5 Å². The molecule has 18 heavy (non-hydrogen) atoms. The number of nitrogens with zero attached hydrogens (tertiary/aromatic N) is 1. The van der Waals surface area contributed by atoms with Crippen molar-refractivity contribution in [1.82, 2.24) is 4.90 Å². The summed E-state index contributed by atoms with van der Waals surface area (Å²) in [5.41, 5.74) is 0.577. The summed E-state index contributed by atoms with van der Waals surface area (Å²) in [5.74, 6) is -1.40. The SMILES string of the molecule is COC(=O)CCCN(C)Cc1cc(F)cc(F)c1. The zero-order valence-electron chi connectivity index (χ0n) is 10.6. The molecule has 0 unspecified atom stereocenters. The van der Waals surface area contributed by atoms with E-state index in [-0.39, 0.29) is 5.97 Å². The van der Waals surface area contributed by atoms with E-state index in [2.05, 4.69) is 4.74 Å². The monoisotopic (exact) mass is 257 g/mol. The Kier molecular flexibility index (Phi) is 5.71. The van der Waals surface area contributed by atoms with Crippen LogP contribution in [-0.2, 0) is 16.1 Å². The molecule has 0 N–H and O–H groups in total. The molecule has 0 saturated heterocycles. The van der Waals surface area contributed by atoms with Gasteiger partial charge in [-0.3, -0.25) is 4.79 Å². The van der Waals surface area contributed by atoms with Crippen molar-refractivity contribution in [1.29, 1.82) is 0 Å². The van der Waals surface area contributed by atoms with E-state index in [9.17, 15) is 13.6 Å². The van der Waals surface area contributed by atoms with Crippen LogP contribution >= 0.6 is 0 Å². The van der Waals surface area contributed by atoms with Crippen LogP contribution in [0, 0.1) is 11.6 Å². The minimum atomic E-state index is -0.576. The Morgan fingerprint density at radius 1 is 1.28 bits per heavy atom. The van der Waals surface area contributed by atoms with Crippen molar-refractivity contribution in [2.24, 2.45) is 0 Å². The van der Waals surface area contributed by atoms with Crippen LogP contribution in [0.2, 0.25) is 0 Å². The molecule has 0 bridgehead atoms. The second kappa shape index (κ2) is 7.06. The second-order valence-electron chi connectivity index (χ2n) is 4.20. The highest BCUT2D eigenvalue weighted by atomic mass is 19.1. The summed E-state index contributed by atoms with van der Waals surface area (Å²) < 4.78 is 30.4. The van der Waals surface area contributed by atoms with Gasteiger partial charge in [0, 0.05) is 19.0 Å². The van der Waals surface area contributed by atoms with Crippen molar-refractivity contribution in [3.05, 3.63) is 35.4 Å². The molecule has 3 nitrogen and oxygen atoms in total. The lowest BCUT2D eigenvalue weighted by Crippen LogP contribution is -2.20. The van der Waals surface area contributed by atoms with Gasteiger partial charge >= 0.3 is 5.97 Å². The predicted octanol–water partition coefficient (Wildman–Crippen LogP) is 2.35. The predicted molar refractivity (Wildman–Crippen MR) is 63.9 cm³/mol. The number of benzene rings is 1. The van der Waals surface area contributed by atoms with E-state index in [1.54, 1.807) is 0 Å². The molecule has 0 aliphatic rings. The van der Waals surface area contributed by atoms with E-state index in [1.807, 2.05) is 11.9 Å². The highest BCUT2D eigenvalue weighted by molar-refractivity contribution is 5.69. The molecule has 0 heterocycles.